The molecule has 0 amide bonds. The van der Waals surface area contributed by atoms with Crippen LogP contribution in [0, 0.1) is 6.92 Å². The van der Waals surface area contributed by atoms with E-state index in [1.54, 1.807) is 0 Å². The summed E-state index contributed by atoms with van der Waals surface area (Å²) < 4.78 is 0. The summed E-state index contributed by atoms with van der Waals surface area (Å²) in [5, 5.41) is 2.34. The lowest BCUT2D eigenvalue weighted by molar-refractivity contribution is 0.135. The quantitative estimate of drug-likeness (QED) is 0.893. The van der Waals surface area contributed by atoms with E-state index in [-0.39, 0.29) is 0 Å². The fourth-order valence-corrected chi connectivity index (χ4v) is 2.64. The van der Waals surface area contributed by atoms with Crippen LogP contribution in [0.1, 0.15) is 51.6 Å². The standard InChI is InChI=1S/C14H24N4/c1-5-13-9-14(16-12(4)15-13)17-18-10(2)7-6-8-11(18)3/h9-11H,5-8H2,1-4H3,(H,15,16,17). The number of aryl methyl sites for hydroxylation is 2. The second-order valence-corrected chi connectivity index (χ2v) is 5.29. The Labute approximate surface area is 110 Å². The number of piperidine rings is 1. The molecule has 18 heavy (non-hydrogen) atoms. The lowest BCUT2D eigenvalue weighted by atomic mass is 10.00. The van der Waals surface area contributed by atoms with E-state index in [0.29, 0.717) is 12.1 Å². The molecule has 4 nitrogen and oxygen atoms in total. The van der Waals surface area contributed by atoms with Gasteiger partial charge in [-0.2, -0.15) is 0 Å². The number of aromatic nitrogens is 2. The molecule has 1 aliphatic heterocycles. The van der Waals surface area contributed by atoms with Crippen molar-refractivity contribution in [1.29, 1.82) is 0 Å². The van der Waals surface area contributed by atoms with Crippen molar-refractivity contribution in [2.75, 3.05) is 5.43 Å². The minimum atomic E-state index is 0.564. The summed E-state index contributed by atoms with van der Waals surface area (Å²) in [7, 11) is 0. The Balaban J connectivity index is 2.14. The van der Waals surface area contributed by atoms with Crippen LogP contribution >= 0.6 is 0 Å². The summed E-state index contributed by atoms with van der Waals surface area (Å²) in [6, 6.07) is 3.18. The third-order valence-electron chi connectivity index (χ3n) is 3.69. The Bertz CT molecular complexity index is 395. The molecule has 1 aliphatic rings. The first-order valence-corrected chi connectivity index (χ1v) is 6.99. The largest absolute Gasteiger partial charge is 0.302 e. The van der Waals surface area contributed by atoms with E-state index >= 15 is 0 Å². The number of hydrogen-bond donors (Lipinski definition) is 1. The van der Waals surface area contributed by atoms with E-state index in [0.717, 1.165) is 23.8 Å². The molecule has 0 aromatic carbocycles. The highest BCUT2D eigenvalue weighted by Gasteiger charge is 2.24. The van der Waals surface area contributed by atoms with Gasteiger partial charge in [-0.3, -0.25) is 0 Å². The summed E-state index contributed by atoms with van der Waals surface area (Å²) in [4.78, 5) is 8.89. The second-order valence-electron chi connectivity index (χ2n) is 5.29. The maximum atomic E-state index is 4.48. The second kappa shape index (κ2) is 5.65. The zero-order valence-corrected chi connectivity index (χ0v) is 11.9. The number of nitrogens with one attached hydrogen (secondary N) is 1. The molecule has 1 fully saturated rings. The first-order valence-electron chi connectivity index (χ1n) is 6.99. The summed E-state index contributed by atoms with van der Waals surface area (Å²) in [6.45, 7) is 8.62. The average molecular weight is 248 g/mol. The van der Waals surface area contributed by atoms with Gasteiger partial charge < -0.3 is 5.43 Å². The molecule has 2 atom stereocenters. The minimum Gasteiger partial charge on any atom is -0.302 e. The Kier molecular flexibility index (Phi) is 4.17. The fourth-order valence-electron chi connectivity index (χ4n) is 2.64. The molecule has 0 aliphatic carbocycles. The molecule has 1 aromatic heterocycles. The predicted octanol–water partition coefficient (Wildman–Crippen LogP) is 2.94. The van der Waals surface area contributed by atoms with Crippen LogP contribution in [-0.2, 0) is 6.42 Å². The maximum absolute atomic E-state index is 4.48. The summed E-state index contributed by atoms with van der Waals surface area (Å²) in [5.74, 6) is 1.77. The van der Waals surface area contributed by atoms with Crippen LogP contribution < -0.4 is 5.43 Å². The van der Waals surface area contributed by atoms with Gasteiger partial charge in [-0.1, -0.05) is 13.3 Å². The fraction of sp³-hybridized carbons (Fsp3) is 0.714. The van der Waals surface area contributed by atoms with Crippen molar-refractivity contribution >= 4 is 5.82 Å². The van der Waals surface area contributed by atoms with Gasteiger partial charge in [0.05, 0.1) is 0 Å². The van der Waals surface area contributed by atoms with Gasteiger partial charge in [0.2, 0.25) is 0 Å². The lowest BCUT2D eigenvalue weighted by Crippen LogP contribution is -2.47. The van der Waals surface area contributed by atoms with Gasteiger partial charge in [0.1, 0.15) is 11.6 Å². The van der Waals surface area contributed by atoms with Gasteiger partial charge in [0.25, 0.3) is 0 Å². The first-order chi connectivity index (χ1) is 8.60. The highest BCUT2D eigenvalue weighted by atomic mass is 15.5. The van der Waals surface area contributed by atoms with Gasteiger partial charge in [0.15, 0.2) is 0 Å². The minimum absolute atomic E-state index is 0.564. The SMILES string of the molecule is CCc1cc(NN2C(C)CCCC2C)nc(C)n1. The third-order valence-corrected chi connectivity index (χ3v) is 3.69. The van der Waals surface area contributed by atoms with Crippen LogP contribution in [0.2, 0.25) is 0 Å². The summed E-state index contributed by atoms with van der Waals surface area (Å²) in [6.07, 6.45) is 4.77. The van der Waals surface area contributed by atoms with E-state index in [2.05, 4.69) is 47.2 Å². The smallest absolute Gasteiger partial charge is 0.144 e. The first kappa shape index (κ1) is 13.3. The van der Waals surface area contributed by atoms with Crippen molar-refractivity contribution in [1.82, 2.24) is 15.0 Å². The highest BCUT2D eigenvalue weighted by molar-refractivity contribution is 5.35. The lowest BCUT2D eigenvalue weighted by Gasteiger charge is -2.39. The molecule has 0 spiro atoms. The van der Waals surface area contributed by atoms with E-state index in [1.807, 2.05) is 6.92 Å². The van der Waals surface area contributed by atoms with Gasteiger partial charge >= 0.3 is 0 Å². The molecule has 2 unspecified atom stereocenters. The Morgan fingerprint density at radius 2 is 1.94 bits per heavy atom. The van der Waals surface area contributed by atoms with Gasteiger partial charge in [-0.25, -0.2) is 15.0 Å². The molecule has 1 saturated heterocycles. The number of hydrogen-bond acceptors (Lipinski definition) is 4. The van der Waals surface area contributed by atoms with Crippen molar-refractivity contribution in [3.63, 3.8) is 0 Å². The molecule has 0 radical (unpaired) electrons. The van der Waals surface area contributed by atoms with Gasteiger partial charge in [0, 0.05) is 23.8 Å². The molecule has 4 heteroatoms. The van der Waals surface area contributed by atoms with Crippen molar-refractivity contribution < 1.29 is 0 Å². The summed E-state index contributed by atoms with van der Waals surface area (Å²) in [5.41, 5.74) is 4.58. The van der Waals surface area contributed by atoms with E-state index in [9.17, 15) is 0 Å². The van der Waals surface area contributed by atoms with Crippen molar-refractivity contribution in [2.24, 2.45) is 0 Å². The predicted molar refractivity (Wildman–Crippen MR) is 74.4 cm³/mol. The number of rotatable bonds is 3. The zero-order valence-electron chi connectivity index (χ0n) is 11.9. The van der Waals surface area contributed by atoms with E-state index in [4.69, 9.17) is 0 Å². The average Bonchev–Trinajstić information content (AvgIpc) is 2.33. The third kappa shape index (κ3) is 2.99. The van der Waals surface area contributed by atoms with E-state index in [1.165, 1.54) is 19.3 Å². The van der Waals surface area contributed by atoms with Crippen molar-refractivity contribution in [3.8, 4) is 0 Å². The number of hydrazine groups is 1. The Morgan fingerprint density at radius 1 is 1.28 bits per heavy atom. The Morgan fingerprint density at radius 3 is 2.56 bits per heavy atom. The van der Waals surface area contributed by atoms with Crippen LogP contribution in [0.25, 0.3) is 0 Å². The van der Waals surface area contributed by atoms with Gasteiger partial charge in [-0.15, -0.1) is 0 Å². The monoisotopic (exact) mass is 248 g/mol. The van der Waals surface area contributed by atoms with Crippen molar-refractivity contribution in [3.05, 3.63) is 17.6 Å². The number of nitrogens with zero attached hydrogens (tertiary/aromatic N) is 3. The van der Waals surface area contributed by atoms with Crippen LogP contribution in [-0.4, -0.2) is 27.1 Å². The molecule has 2 heterocycles. The molecule has 1 N–H and O–H groups in total. The topological polar surface area (TPSA) is 41.0 Å². The zero-order chi connectivity index (χ0) is 13.1. The summed E-state index contributed by atoms with van der Waals surface area (Å²) >= 11 is 0. The van der Waals surface area contributed by atoms with Crippen LogP contribution in [0.3, 0.4) is 0 Å². The Hall–Kier alpha value is -1.16. The molecular weight excluding hydrogens is 224 g/mol. The highest BCUT2D eigenvalue weighted by Crippen LogP contribution is 2.23. The van der Waals surface area contributed by atoms with Crippen LogP contribution in [0.15, 0.2) is 6.07 Å². The van der Waals surface area contributed by atoms with E-state index < -0.39 is 0 Å². The molecule has 0 saturated carbocycles. The molecule has 100 valence electrons. The molecular formula is C14H24N4. The van der Waals surface area contributed by atoms with Crippen LogP contribution in [0.4, 0.5) is 5.82 Å². The molecule has 1 aromatic rings. The number of anilines is 1. The van der Waals surface area contributed by atoms with Crippen molar-refractivity contribution in [2.45, 2.75) is 65.5 Å². The molecule has 0 bridgehead atoms. The normalized spacial score (nSPS) is 25.1. The van der Waals surface area contributed by atoms with Crippen LogP contribution in [0.5, 0.6) is 0 Å². The maximum Gasteiger partial charge on any atom is 0.144 e. The van der Waals surface area contributed by atoms with Gasteiger partial charge in [-0.05, 0) is 40.0 Å². The molecule has 2 rings (SSSR count).